The molecule has 0 radical (unpaired) electrons. The highest BCUT2D eigenvalue weighted by molar-refractivity contribution is 6.35. The minimum atomic E-state index is 0.172. The second kappa shape index (κ2) is 7.66. The Balaban J connectivity index is 1.96. The Morgan fingerprint density at radius 3 is 2.38 bits per heavy atom. The lowest BCUT2D eigenvalue weighted by Crippen LogP contribution is -2.38. The van der Waals surface area contributed by atoms with Crippen LogP contribution in [0.4, 0.5) is 5.69 Å². The molecule has 0 bridgehead atoms. The fraction of sp³-hybridized carbons (Fsp3) is 0.316. The van der Waals surface area contributed by atoms with Crippen LogP contribution in [0.3, 0.4) is 0 Å². The molecule has 1 saturated heterocycles. The molecule has 124 valence electrons. The summed E-state index contributed by atoms with van der Waals surface area (Å²) in [5.74, 6) is 0.369. The van der Waals surface area contributed by atoms with E-state index in [2.05, 4.69) is 11.0 Å². The highest BCUT2D eigenvalue weighted by atomic mass is 35.5. The monoisotopic (exact) mass is 378 g/mol. The minimum Gasteiger partial charge on any atom is -0.364 e. The highest BCUT2D eigenvalue weighted by Crippen LogP contribution is 2.41. The van der Waals surface area contributed by atoms with Crippen LogP contribution >= 0.6 is 34.8 Å². The highest BCUT2D eigenvalue weighted by Gasteiger charge is 2.30. The molecule has 0 unspecified atom stereocenters. The van der Waals surface area contributed by atoms with Crippen LogP contribution < -0.4 is 4.90 Å². The average molecular weight is 380 g/mol. The lowest BCUT2D eigenvalue weighted by atomic mass is 9.87. The van der Waals surface area contributed by atoms with E-state index in [1.54, 1.807) is 6.07 Å². The summed E-state index contributed by atoms with van der Waals surface area (Å²) in [6, 6.07) is 16.0. The van der Waals surface area contributed by atoms with E-state index in [0.29, 0.717) is 27.4 Å². The standard InChI is InChI=1S/C19H17Cl3N2/c20-14-2-5-16(6-3-14)24-12-13(9-10-23)1-8-19(24)17-7-4-15(21)11-18(17)22/h2-7,11,13,19H,1,8-9,12H2/t13-,19-/m0/s1. The lowest BCUT2D eigenvalue weighted by Gasteiger charge is -2.41. The van der Waals surface area contributed by atoms with Crippen LogP contribution in [0.1, 0.15) is 30.9 Å². The second-order valence-electron chi connectivity index (χ2n) is 6.12. The predicted octanol–water partition coefficient (Wildman–Crippen LogP) is 6.52. The molecular weight excluding hydrogens is 363 g/mol. The number of benzene rings is 2. The van der Waals surface area contributed by atoms with Crippen molar-refractivity contribution >= 4 is 40.5 Å². The molecule has 1 heterocycles. The van der Waals surface area contributed by atoms with E-state index in [9.17, 15) is 0 Å². The average Bonchev–Trinajstić information content (AvgIpc) is 2.56. The summed E-state index contributed by atoms with van der Waals surface area (Å²) in [6.07, 6.45) is 2.54. The molecule has 2 atom stereocenters. The summed E-state index contributed by atoms with van der Waals surface area (Å²) in [5.41, 5.74) is 2.17. The third-order valence-corrected chi connectivity index (χ3v) is 5.35. The molecule has 2 aromatic carbocycles. The molecule has 24 heavy (non-hydrogen) atoms. The van der Waals surface area contributed by atoms with Crippen molar-refractivity contribution in [2.45, 2.75) is 25.3 Å². The Bertz CT molecular complexity index is 752. The van der Waals surface area contributed by atoms with Gasteiger partial charge in [-0.1, -0.05) is 40.9 Å². The molecule has 0 saturated carbocycles. The van der Waals surface area contributed by atoms with E-state index < -0.39 is 0 Å². The van der Waals surface area contributed by atoms with Gasteiger partial charge in [0.25, 0.3) is 0 Å². The van der Waals surface area contributed by atoms with Gasteiger partial charge >= 0.3 is 0 Å². The van der Waals surface area contributed by atoms with Crippen molar-refractivity contribution in [1.29, 1.82) is 5.26 Å². The third kappa shape index (κ3) is 3.81. The molecule has 0 spiro atoms. The largest absolute Gasteiger partial charge is 0.364 e. The van der Waals surface area contributed by atoms with Crippen LogP contribution in [0.15, 0.2) is 42.5 Å². The molecule has 1 fully saturated rings. The van der Waals surface area contributed by atoms with Gasteiger partial charge in [0, 0.05) is 33.7 Å². The van der Waals surface area contributed by atoms with Gasteiger partial charge in [0.15, 0.2) is 0 Å². The zero-order chi connectivity index (χ0) is 17.1. The number of halogens is 3. The van der Waals surface area contributed by atoms with Gasteiger partial charge in [0.2, 0.25) is 0 Å². The number of piperidine rings is 1. The van der Waals surface area contributed by atoms with Crippen molar-refractivity contribution in [3.63, 3.8) is 0 Å². The van der Waals surface area contributed by atoms with Crippen LogP contribution in [0, 0.1) is 17.2 Å². The van der Waals surface area contributed by atoms with Gasteiger partial charge < -0.3 is 4.90 Å². The smallest absolute Gasteiger partial charge is 0.0625 e. The fourth-order valence-corrected chi connectivity index (χ4v) is 4.02. The van der Waals surface area contributed by atoms with E-state index in [1.165, 1.54) is 0 Å². The molecule has 1 aliphatic heterocycles. The summed E-state index contributed by atoms with van der Waals surface area (Å²) in [4.78, 5) is 2.33. The molecule has 0 aliphatic carbocycles. The third-order valence-electron chi connectivity index (χ3n) is 4.54. The molecule has 3 rings (SSSR count). The Hall–Kier alpha value is -1.40. The Morgan fingerprint density at radius 1 is 1.00 bits per heavy atom. The van der Waals surface area contributed by atoms with Crippen molar-refractivity contribution in [1.82, 2.24) is 0 Å². The lowest BCUT2D eigenvalue weighted by molar-refractivity contribution is 0.364. The van der Waals surface area contributed by atoms with Gasteiger partial charge in [-0.25, -0.2) is 0 Å². The zero-order valence-electron chi connectivity index (χ0n) is 13.1. The number of anilines is 1. The minimum absolute atomic E-state index is 0.172. The molecule has 5 heteroatoms. The van der Waals surface area contributed by atoms with Crippen LogP contribution in [0.5, 0.6) is 0 Å². The van der Waals surface area contributed by atoms with Gasteiger partial charge in [-0.15, -0.1) is 0 Å². The van der Waals surface area contributed by atoms with E-state index in [-0.39, 0.29) is 6.04 Å². The normalized spacial score (nSPS) is 20.7. The molecule has 2 nitrogen and oxygen atoms in total. The van der Waals surface area contributed by atoms with Gasteiger partial charge in [-0.3, -0.25) is 0 Å². The quantitative estimate of drug-likeness (QED) is 0.607. The molecule has 0 amide bonds. The van der Waals surface area contributed by atoms with E-state index >= 15 is 0 Å². The number of nitriles is 1. The van der Waals surface area contributed by atoms with Gasteiger partial charge in [0.05, 0.1) is 12.1 Å². The van der Waals surface area contributed by atoms with E-state index in [1.807, 2.05) is 36.4 Å². The predicted molar refractivity (Wildman–Crippen MR) is 101 cm³/mol. The second-order valence-corrected chi connectivity index (χ2v) is 7.40. The maximum atomic E-state index is 9.05. The summed E-state index contributed by atoms with van der Waals surface area (Å²) >= 11 is 18.5. The van der Waals surface area contributed by atoms with Crippen molar-refractivity contribution in [3.05, 3.63) is 63.1 Å². The number of hydrogen-bond donors (Lipinski definition) is 0. The summed E-state index contributed by atoms with van der Waals surface area (Å²) in [6.45, 7) is 0.832. The first kappa shape index (κ1) is 17.4. The molecule has 0 N–H and O–H groups in total. The Kier molecular flexibility index (Phi) is 5.56. The first-order valence-electron chi connectivity index (χ1n) is 7.92. The maximum absolute atomic E-state index is 9.05. The van der Waals surface area contributed by atoms with E-state index in [0.717, 1.165) is 30.6 Å². The molecular formula is C19H17Cl3N2. The van der Waals surface area contributed by atoms with Gasteiger partial charge in [-0.05, 0) is 60.7 Å². The van der Waals surface area contributed by atoms with E-state index in [4.69, 9.17) is 40.1 Å². The van der Waals surface area contributed by atoms with Crippen molar-refractivity contribution in [3.8, 4) is 6.07 Å². The maximum Gasteiger partial charge on any atom is 0.0625 e. The number of rotatable bonds is 3. The van der Waals surface area contributed by atoms with Gasteiger partial charge in [0.1, 0.15) is 0 Å². The van der Waals surface area contributed by atoms with Crippen LogP contribution in [0.2, 0.25) is 15.1 Å². The topological polar surface area (TPSA) is 27.0 Å². The van der Waals surface area contributed by atoms with Crippen LogP contribution in [-0.2, 0) is 0 Å². The Morgan fingerprint density at radius 2 is 1.71 bits per heavy atom. The van der Waals surface area contributed by atoms with Crippen LogP contribution in [-0.4, -0.2) is 6.54 Å². The van der Waals surface area contributed by atoms with Crippen molar-refractivity contribution in [2.75, 3.05) is 11.4 Å². The first-order valence-corrected chi connectivity index (χ1v) is 9.06. The van der Waals surface area contributed by atoms with Crippen molar-refractivity contribution < 1.29 is 0 Å². The summed E-state index contributed by atoms with van der Waals surface area (Å²) in [5, 5.41) is 11.1. The SMILES string of the molecule is N#CC[C@@H]1CC[C@@H](c2ccc(Cl)cc2Cl)N(c2ccc(Cl)cc2)C1. The van der Waals surface area contributed by atoms with Crippen LogP contribution in [0.25, 0.3) is 0 Å². The summed E-state index contributed by atoms with van der Waals surface area (Å²) < 4.78 is 0. The first-order chi connectivity index (χ1) is 11.6. The zero-order valence-corrected chi connectivity index (χ0v) is 15.3. The molecule has 2 aromatic rings. The summed E-state index contributed by atoms with van der Waals surface area (Å²) in [7, 11) is 0. The Labute approximate surface area is 157 Å². The number of nitrogens with zero attached hydrogens (tertiary/aromatic N) is 2. The van der Waals surface area contributed by atoms with Gasteiger partial charge in [-0.2, -0.15) is 5.26 Å². The molecule has 1 aliphatic rings. The fourth-order valence-electron chi connectivity index (χ4n) is 3.35. The molecule has 0 aromatic heterocycles. The number of hydrogen-bond acceptors (Lipinski definition) is 2. The van der Waals surface area contributed by atoms with Crippen molar-refractivity contribution in [2.24, 2.45) is 5.92 Å².